The van der Waals surface area contributed by atoms with Gasteiger partial charge in [0.25, 0.3) is 0 Å². The molecule has 4 heteroatoms. The molecule has 124 valence electrons. The summed E-state index contributed by atoms with van der Waals surface area (Å²) in [7, 11) is 0. The lowest BCUT2D eigenvalue weighted by atomic mass is 9.87. The van der Waals surface area contributed by atoms with E-state index in [1.165, 1.54) is 18.1 Å². The Labute approximate surface area is 142 Å². The monoisotopic (exact) mass is 334 g/mol. The van der Waals surface area contributed by atoms with Gasteiger partial charge in [0, 0.05) is 11.1 Å². The minimum Gasteiger partial charge on any atom is -0.463 e. The number of aliphatic hydroxyl groups excluding tert-OH is 1. The second-order valence-corrected chi connectivity index (χ2v) is 6.10. The maximum absolute atomic E-state index is 11.6. The number of benzene rings is 1. The third kappa shape index (κ3) is 5.22. The van der Waals surface area contributed by atoms with Crippen molar-refractivity contribution in [1.29, 1.82) is 0 Å². The van der Waals surface area contributed by atoms with Gasteiger partial charge in [-0.25, -0.2) is 4.79 Å². The van der Waals surface area contributed by atoms with Gasteiger partial charge in [0.05, 0.1) is 6.61 Å². The van der Waals surface area contributed by atoms with Crippen LogP contribution in [0.25, 0.3) is 0 Å². The number of hydrogen-bond acceptors (Lipinski definition) is 3. The molecule has 0 saturated heterocycles. The van der Waals surface area contributed by atoms with Crippen LogP contribution in [0.15, 0.2) is 47.6 Å². The molecule has 23 heavy (non-hydrogen) atoms. The molecule has 1 aromatic rings. The van der Waals surface area contributed by atoms with Gasteiger partial charge >= 0.3 is 5.97 Å². The summed E-state index contributed by atoms with van der Waals surface area (Å²) in [4.78, 5) is 11.6. The van der Waals surface area contributed by atoms with Crippen molar-refractivity contribution in [3.8, 4) is 0 Å². The molecule has 0 aliphatic heterocycles. The zero-order valence-corrected chi connectivity index (χ0v) is 14.2. The molecule has 0 aromatic heterocycles. The molecule has 1 aliphatic carbocycles. The molecule has 0 spiro atoms. The number of rotatable bonds is 5. The molecule has 1 N–H and O–H groups in total. The molecule has 0 amide bonds. The standard InChI is InChI=1S/C19H23ClO3/c1-2-23-18(21)13-12-17(14-6-4-3-5-7-14)19(22)15-8-10-16(20)11-9-15/h8-13,19,22H,2-7H2,1H3/b13-12+. The lowest BCUT2D eigenvalue weighted by molar-refractivity contribution is -0.137. The van der Waals surface area contributed by atoms with Crippen LogP contribution in [0.5, 0.6) is 0 Å². The molecule has 1 saturated carbocycles. The van der Waals surface area contributed by atoms with E-state index in [-0.39, 0.29) is 5.97 Å². The fourth-order valence-electron chi connectivity index (χ4n) is 2.84. The summed E-state index contributed by atoms with van der Waals surface area (Å²) >= 11 is 5.91. The summed E-state index contributed by atoms with van der Waals surface area (Å²) in [6, 6.07) is 7.15. The largest absolute Gasteiger partial charge is 0.463 e. The lowest BCUT2D eigenvalue weighted by Crippen LogP contribution is -2.07. The number of aliphatic hydroxyl groups is 1. The Morgan fingerprint density at radius 3 is 2.48 bits per heavy atom. The second-order valence-electron chi connectivity index (χ2n) is 5.66. The third-order valence-corrected chi connectivity index (χ3v) is 4.28. The minimum absolute atomic E-state index is 0.342. The SMILES string of the molecule is CCOC(=O)/C=C/C(=C1CCCCC1)C(O)c1ccc(Cl)cc1. The van der Waals surface area contributed by atoms with Crippen LogP contribution in [-0.4, -0.2) is 17.7 Å². The molecule has 1 unspecified atom stereocenters. The molecule has 1 aromatic carbocycles. The van der Waals surface area contributed by atoms with Crippen LogP contribution in [0.4, 0.5) is 0 Å². The fraction of sp³-hybridized carbons (Fsp3) is 0.421. The van der Waals surface area contributed by atoms with Crippen LogP contribution in [0, 0.1) is 0 Å². The van der Waals surface area contributed by atoms with Crippen LogP contribution < -0.4 is 0 Å². The maximum Gasteiger partial charge on any atom is 0.330 e. The number of carbonyl (C=O) groups excluding carboxylic acids is 1. The number of esters is 1. The maximum atomic E-state index is 11.6. The van der Waals surface area contributed by atoms with Crippen molar-refractivity contribution in [3.63, 3.8) is 0 Å². The van der Waals surface area contributed by atoms with Crippen molar-refractivity contribution >= 4 is 17.6 Å². The van der Waals surface area contributed by atoms with Crippen molar-refractivity contribution < 1.29 is 14.6 Å². The van der Waals surface area contributed by atoms with Gasteiger partial charge in [-0.15, -0.1) is 0 Å². The van der Waals surface area contributed by atoms with Crippen molar-refractivity contribution in [3.05, 3.63) is 58.1 Å². The molecule has 1 atom stereocenters. The predicted octanol–water partition coefficient (Wildman–Crippen LogP) is 4.75. The zero-order valence-electron chi connectivity index (χ0n) is 13.4. The van der Waals surface area contributed by atoms with Crippen LogP contribution in [0.2, 0.25) is 5.02 Å². The van der Waals surface area contributed by atoms with Gasteiger partial charge in [0.2, 0.25) is 0 Å². The quantitative estimate of drug-likeness (QED) is 0.624. The van der Waals surface area contributed by atoms with E-state index in [1.54, 1.807) is 25.1 Å². The van der Waals surface area contributed by atoms with E-state index in [4.69, 9.17) is 16.3 Å². The number of halogens is 1. The molecule has 0 radical (unpaired) electrons. The Morgan fingerprint density at radius 2 is 1.87 bits per heavy atom. The Balaban J connectivity index is 2.29. The topological polar surface area (TPSA) is 46.5 Å². The van der Waals surface area contributed by atoms with E-state index in [0.717, 1.165) is 36.8 Å². The first-order chi connectivity index (χ1) is 11.1. The van der Waals surface area contributed by atoms with E-state index in [9.17, 15) is 9.90 Å². The lowest BCUT2D eigenvalue weighted by Gasteiger charge is -2.21. The van der Waals surface area contributed by atoms with E-state index in [0.29, 0.717) is 11.6 Å². The summed E-state index contributed by atoms with van der Waals surface area (Å²) in [5.74, 6) is -0.385. The van der Waals surface area contributed by atoms with Crippen molar-refractivity contribution in [2.24, 2.45) is 0 Å². The van der Waals surface area contributed by atoms with Gasteiger partial charge in [-0.05, 0) is 62.0 Å². The highest BCUT2D eigenvalue weighted by Gasteiger charge is 2.18. The van der Waals surface area contributed by atoms with Crippen LogP contribution in [0.3, 0.4) is 0 Å². The Bertz CT molecular complexity index is 579. The van der Waals surface area contributed by atoms with E-state index >= 15 is 0 Å². The number of ether oxygens (including phenoxy) is 1. The minimum atomic E-state index is -0.758. The van der Waals surface area contributed by atoms with E-state index in [1.807, 2.05) is 12.1 Å². The fourth-order valence-corrected chi connectivity index (χ4v) is 2.97. The van der Waals surface area contributed by atoms with E-state index < -0.39 is 6.10 Å². The van der Waals surface area contributed by atoms with Gasteiger partial charge < -0.3 is 9.84 Å². The number of carbonyl (C=O) groups is 1. The average molecular weight is 335 g/mol. The van der Waals surface area contributed by atoms with Gasteiger partial charge in [-0.1, -0.05) is 35.7 Å². The molecule has 0 heterocycles. The Morgan fingerprint density at radius 1 is 1.22 bits per heavy atom. The Kier molecular flexibility index (Phi) is 6.87. The highest BCUT2D eigenvalue weighted by Crippen LogP contribution is 2.33. The first kappa shape index (κ1) is 17.8. The highest BCUT2D eigenvalue weighted by molar-refractivity contribution is 6.30. The van der Waals surface area contributed by atoms with Gasteiger partial charge in [-0.2, -0.15) is 0 Å². The highest BCUT2D eigenvalue weighted by atomic mass is 35.5. The van der Waals surface area contributed by atoms with Crippen molar-refractivity contribution in [1.82, 2.24) is 0 Å². The zero-order chi connectivity index (χ0) is 16.7. The summed E-state index contributed by atoms with van der Waals surface area (Å²) in [6.07, 6.45) is 7.75. The average Bonchev–Trinajstić information content (AvgIpc) is 2.57. The molecule has 1 fully saturated rings. The second kappa shape index (κ2) is 8.90. The summed E-state index contributed by atoms with van der Waals surface area (Å²) in [5, 5.41) is 11.4. The van der Waals surface area contributed by atoms with Gasteiger partial charge in [0.15, 0.2) is 0 Å². The first-order valence-electron chi connectivity index (χ1n) is 8.12. The summed E-state index contributed by atoms with van der Waals surface area (Å²) in [6.45, 7) is 2.11. The van der Waals surface area contributed by atoms with Crippen LogP contribution in [0.1, 0.15) is 50.7 Å². The van der Waals surface area contributed by atoms with Crippen LogP contribution in [-0.2, 0) is 9.53 Å². The smallest absolute Gasteiger partial charge is 0.330 e. The molecule has 3 nitrogen and oxygen atoms in total. The van der Waals surface area contributed by atoms with Gasteiger partial charge in [0.1, 0.15) is 6.10 Å². The number of allylic oxidation sites excluding steroid dienone is 1. The first-order valence-corrected chi connectivity index (χ1v) is 8.50. The molecule has 0 bridgehead atoms. The normalized spacial score (nSPS) is 16.4. The molecule has 2 rings (SSSR count). The Hall–Kier alpha value is -1.58. The van der Waals surface area contributed by atoms with Crippen molar-refractivity contribution in [2.75, 3.05) is 6.61 Å². The van der Waals surface area contributed by atoms with Crippen molar-refractivity contribution in [2.45, 2.75) is 45.1 Å². The predicted molar refractivity (Wildman–Crippen MR) is 92.3 cm³/mol. The number of hydrogen-bond donors (Lipinski definition) is 1. The summed E-state index contributed by atoms with van der Waals surface area (Å²) in [5.41, 5.74) is 2.80. The summed E-state index contributed by atoms with van der Waals surface area (Å²) < 4.78 is 4.93. The molecule has 1 aliphatic rings. The third-order valence-electron chi connectivity index (χ3n) is 4.03. The van der Waals surface area contributed by atoms with Gasteiger partial charge in [-0.3, -0.25) is 0 Å². The van der Waals surface area contributed by atoms with Crippen LogP contribution >= 0.6 is 11.6 Å². The molecular formula is C19H23ClO3. The van der Waals surface area contributed by atoms with E-state index in [2.05, 4.69) is 0 Å². The molecular weight excluding hydrogens is 312 g/mol.